The Bertz CT molecular complexity index is 667. The van der Waals surface area contributed by atoms with Gasteiger partial charge in [0.1, 0.15) is 5.54 Å². The summed E-state index contributed by atoms with van der Waals surface area (Å²) >= 11 is 5.31. The van der Waals surface area contributed by atoms with Crippen molar-refractivity contribution in [3.63, 3.8) is 0 Å². The Labute approximate surface area is 167 Å². The Kier molecular flexibility index (Phi) is 7.59. The molecule has 0 aromatic heterocycles. The van der Waals surface area contributed by atoms with Gasteiger partial charge in [-0.15, -0.1) is 0 Å². The molecular formula is C20H30N4O2S. The van der Waals surface area contributed by atoms with Gasteiger partial charge in [-0.2, -0.15) is 5.01 Å². The summed E-state index contributed by atoms with van der Waals surface area (Å²) in [6, 6.07) is 8.80. The maximum Gasteiger partial charge on any atom is 0.344 e. The van der Waals surface area contributed by atoms with Crippen LogP contribution in [0.1, 0.15) is 58.4 Å². The molecule has 0 bridgehead atoms. The summed E-state index contributed by atoms with van der Waals surface area (Å²) in [5.41, 5.74) is 2.47. The second-order valence-corrected chi connectivity index (χ2v) is 7.34. The summed E-state index contributed by atoms with van der Waals surface area (Å²) in [5.74, 6) is 0.176. The van der Waals surface area contributed by atoms with E-state index in [1.807, 2.05) is 37.3 Å². The van der Waals surface area contributed by atoms with E-state index in [0.29, 0.717) is 12.3 Å². The zero-order chi connectivity index (χ0) is 19.9. The first-order chi connectivity index (χ1) is 13.0. The number of rotatable bonds is 9. The van der Waals surface area contributed by atoms with Gasteiger partial charge in [0.2, 0.25) is 0 Å². The van der Waals surface area contributed by atoms with E-state index < -0.39 is 11.6 Å². The molecule has 1 aliphatic rings. The number of unbranched alkanes of at least 4 members (excludes halogenated alkanes) is 1. The van der Waals surface area contributed by atoms with Gasteiger partial charge in [-0.05, 0) is 36.5 Å². The molecule has 0 aliphatic carbocycles. The number of imide groups is 1. The fraction of sp³-hybridized carbons (Fsp3) is 0.550. The van der Waals surface area contributed by atoms with Crippen molar-refractivity contribution >= 4 is 29.3 Å². The van der Waals surface area contributed by atoms with Gasteiger partial charge in [0.15, 0.2) is 5.11 Å². The molecule has 1 fully saturated rings. The number of amides is 3. The van der Waals surface area contributed by atoms with Gasteiger partial charge < -0.3 is 10.6 Å². The van der Waals surface area contributed by atoms with Crippen molar-refractivity contribution in [1.29, 1.82) is 0 Å². The number of carbonyl (C=O) groups excluding carboxylic acids is 2. The third kappa shape index (κ3) is 4.77. The fourth-order valence-corrected chi connectivity index (χ4v) is 3.53. The minimum Gasteiger partial charge on any atom is -0.361 e. The smallest absolute Gasteiger partial charge is 0.344 e. The van der Waals surface area contributed by atoms with Crippen molar-refractivity contribution in [3.8, 4) is 0 Å². The van der Waals surface area contributed by atoms with E-state index >= 15 is 0 Å². The minimum atomic E-state index is -1.06. The van der Waals surface area contributed by atoms with Gasteiger partial charge in [-0.25, -0.2) is 4.79 Å². The van der Waals surface area contributed by atoms with Crippen LogP contribution in [0.2, 0.25) is 0 Å². The van der Waals surface area contributed by atoms with E-state index in [-0.39, 0.29) is 11.0 Å². The summed E-state index contributed by atoms with van der Waals surface area (Å²) < 4.78 is 0. The number of urea groups is 1. The highest BCUT2D eigenvalue weighted by molar-refractivity contribution is 7.80. The highest BCUT2D eigenvalue weighted by Crippen LogP contribution is 2.31. The molecule has 0 unspecified atom stereocenters. The first-order valence-corrected chi connectivity index (χ1v) is 10.2. The van der Waals surface area contributed by atoms with Crippen LogP contribution in [-0.2, 0) is 10.3 Å². The van der Waals surface area contributed by atoms with E-state index in [4.69, 9.17) is 12.2 Å². The number of nitrogens with one attached hydrogen (secondary N) is 3. The van der Waals surface area contributed by atoms with Gasteiger partial charge >= 0.3 is 6.03 Å². The molecule has 27 heavy (non-hydrogen) atoms. The average Bonchev–Trinajstić information content (AvgIpc) is 2.94. The average molecular weight is 391 g/mol. The zero-order valence-electron chi connectivity index (χ0n) is 16.4. The van der Waals surface area contributed by atoms with Crippen LogP contribution in [0.3, 0.4) is 0 Å². The summed E-state index contributed by atoms with van der Waals surface area (Å²) in [7, 11) is 0. The Morgan fingerprint density at radius 3 is 2.52 bits per heavy atom. The molecule has 3 amide bonds. The van der Waals surface area contributed by atoms with Crippen LogP contribution in [0.5, 0.6) is 0 Å². The normalized spacial score (nSPS) is 20.3. The molecule has 1 heterocycles. The van der Waals surface area contributed by atoms with Gasteiger partial charge in [0.25, 0.3) is 5.91 Å². The second-order valence-electron chi connectivity index (χ2n) is 6.93. The predicted molar refractivity (Wildman–Crippen MR) is 111 cm³/mol. The molecule has 6 nitrogen and oxygen atoms in total. The first kappa shape index (κ1) is 21.2. The monoisotopic (exact) mass is 390 g/mol. The fourth-order valence-electron chi connectivity index (χ4n) is 3.36. The highest BCUT2D eigenvalue weighted by Gasteiger charge is 2.51. The summed E-state index contributed by atoms with van der Waals surface area (Å²) in [5, 5.41) is 7.24. The molecule has 0 spiro atoms. The Morgan fingerprint density at radius 2 is 1.93 bits per heavy atom. The summed E-state index contributed by atoms with van der Waals surface area (Å²) in [4.78, 5) is 25.5. The van der Waals surface area contributed by atoms with E-state index in [2.05, 4.69) is 29.9 Å². The van der Waals surface area contributed by atoms with Gasteiger partial charge in [-0.3, -0.25) is 10.2 Å². The van der Waals surface area contributed by atoms with Crippen molar-refractivity contribution in [2.75, 3.05) is 6.54 Å². The van der Waals surface area contributed by atoms with Crippen molar-refractivity contribution in [1.82, 2.24) is 21.1 Å². The van der Waals surface area contributed by atoms with Crippen molar-refractivity contribution in [2.45, 2.75) is 58.4 Å². The molecular weight excluding hydrogens is 360 g/mol. The molecule has 1 saturated heterocycles. The molecule has 1 aromatic carbocycles. The number of hydrogen-bond donors (Lipinski definition) is 3. The van der Waals surface area contributed by atoms with Crippen LogP contribution in [0.4, 0.5) is 4.79 Å². The van der Waals surface area contributed by atoms with E-state index in [1.165, 1.54) is 12.8 Å². The van der Waals surface area contributed by atoms with Crippen LogP contribution in [0, 0.1) is 5.92 Å². The number of benzene rings is 1. The topological polar surface area (TPSA) is 73.5 Å². The first-order valence-electron chi connectivity index (χ1n) is 9.75. The van der Waals surface area contributed by atoms with Gasteiger partial charge in [-0.1, -0.05) is 70.4 Å². The van der Waals surface area contributed by atoms with E-state index in [0.717, 1.165) is 30.0 Å². The lowest BCUT2D eigenvalue weighted by molar-refractivity contribution is -0.133. The lowest BCUT2D eigenvalue weighted by Crippen LogP contribution is -2.52. The SMILES string of the molecule is CCCC[C@H](CC)CNC(=S)NN1C(=O)N[C@](CC)(c2ccccc2)C1=O. The van der Waals surface area contributed by atoms with E-state index in [1.54, 1.807) is 0 Å². The predicted octanol–water partition coefficient (Wildman–Crippen LogP) is 3.44. The number of hydrogen-bond acceptors (Lipinski definition) is 3. The molecule has 1 aliphatic heterocycles. The van der Waals surface area contributed by atoms with Crippen molar-refractivity contribution in [3.05, 3.63) is 35.9 Å². The van der Waals surface area contributed by atoms with Gasteiger partial charge in [0, 0.05) is 6.54 Å². The Balaban J connectivity index is 2.01. The third-order valence-corrected chi connectivity index (χ3v) is 5.43. The number of nitrogens with zero attached hydrogens (tertiary/aromatic N) is 1. The number of thiocarbonyl (C=S) groups is 1. The van der Waals surface area contributed by atoms with Crippen molar-refractivity contribution < 1.29 is 9.59 Å². The maximum atomic E-state index is 13.0. The lowest BCUT2D eigenvalue weighted by Gasteiger charge is -2.26. The zero-order valence-corrected chi connectivity index (χ0v) is 17.2. The highest BCUT2D eigenvalue weighted by atomic mass is 32.1. The van der Waals surface area contributed by atoms with Crippen LogP contribution in [0.15, 0.2) is 30.3 Å². The molecule has 2 atom stereocenters. The third-order valence-electron chi connectivity index (χ3n) is 5.20. The van der Waals surface area contributed by atoms with Gasteiger partial charge in [0.05, 0.1) is 0 Å². The minimum absolute atomic E-state index is 0.286. The van der Waals surface area contributed by atoms with E-state index in [9.17, 15) is 9.59 Å². The molecule has 2 rings (SSSR count). The quantitative estimate of drug-likeness (QED) is 0.445. The maximum absolute atomic E-state index is 13.0. The Hall–Kier alpha value is -2.15. The molecule has 148 valence electrons. The van der Waals surface area contributed by atoms with Crippen LogP contribution >= 0.6 is 12.2 Å². The van der Waals surface area contributed by atoms with Crippen LogP contribution < -0.4 is 16.1 Å². The summed E-state index contributed by atoms with van der Waals surface area (Å²) in [6.45, 7) is 6.94. The largest absolute Gasteiger partial charge is 0.361 e. The van der Waals surface area contributed by atoms with Crippen LogP contribution in [-0.4, -0.2) is 28.6 Å². The molecule has 0 radical (unpaired) electrons. The lowest BCUT2D eigenvalue weighted by atomic mass is 9.87. The second kappa shape index (κ2) is 9.69. The van der Waals surface area contributed by atoms with Crippen molar-refractivity contribution in [2.24, 2.45) is 5.92 Å². The standard InChI is InChI=1S/C20H30N4O2S/c1-4-7-11-15(5-2)14-21-18(27)23-24-17(25)20(6-3,22-19(24)26)16-12-9-8-10-13-16/h8-10,12-13,15H,4-7,11,14H2,1-3H3,(H,22,26)(H2,21,23,27)/t15-,20+/m0/s1. The number of carbonyl (C=O) groups is 2. The summed E-state index contributed by atoms with van der Waals surface area (Å²) in [6.07, 6.45) is 5.00. The Morgan fingerprint density at radius 1 is 1.22 bits per heavy atom. The molecule has 1 aromatic rings. The molecule has 0 saturated carbocycles. The number of hydrazine groups is 1. The molecule has 7 heteroatoms. The van der Waals surface area contributed by atoms with Crippen LogP contribution in [0.25, 0.3) is 0 Å². The molecule has 3 N–H and O–H groups in total.